The van der Waals surface area contributed by atoms with Gasteiger partial charge in [0, 0.05) is 25.2 Å². The van der Waals surface area contributed by atoms with Crippen LogP contribution >= 0.6 is 0 Å². The lowest BCUT2D eigenvalue weighted by Crippen LogP contribution is -2.28. The number of likely N-dealkylation sites (tertiary alicyclic amines) is 1. The van der Waals surface area contributed by atoms with Gasteiger partial charge < -0.3 is 11.1 Å². The smallest absolute Gasteiger partial charge is 0.251 e. The molecule has 0 aromatic heterocycles. The summed E-state index contributed by atoms with van der Waals surface area (Å²) in [6.45, 7) is 4.37. The normalized spacial score (nSPS) is 15.8. The van der Waals surface area contributed by atoms with Gasteiger partial charge in [0.1, 0.15) is 0 Å². The lowest BCUT2D eigenvalue weighted by molar-refractivity contribution is 0.0954. The summed E-state index contributed by atoms with van der Waals surface area (Å²) in [6, 6.07) is 7.85. The number of nitrogens with zero attached hydrogens (tertiary/aromatic N) is 1. The first-order valence-corrected chi connectivity index (χ1v) is 6.59. The fourth-order valence-electron chi connectivity index (χ4n) is 2.25. The van der Waals surface area contributed by atoms with E-state index in [9.17, 15) is 4.79 Å². The number of hydrogen-bond acceptors (Lipinski definition) is 3. The van der Waals surface area contributed by atoms with Crippen molar-refractivity contribution < 1.29 is 4.79 Å². The zero-order valence-electron chi connectivity index (χ0n) is 10.7. The third-order valence-electron chi connectivity index (χ3n) is 3.25. The van der Waals surface area contributed by atoms with Gasteiger partial charge in [-0.15, -0.1) is 0 Å². The Bertz CT molecular complexity index is 383. The monoisotopic (exact) mass is 247 g/mol. The quantitative estimate of drug-likeness (QED) is 0.815. The van der Waals surface area contributed by atoms with Crippen molar-refractivity contribution in [2.75, 3.05) is 26.2 Å². The first-order chi connectivity index (χ1) is 8.79. The van der Waals surface area contributed by atoms with Gasteiger partial charge in [-0.25, -0.2) is 0 Å². The number of carbonyl (C=O) groups excluding carboxylic acids is 1. The highest BCUT2D eigenvalue weighted by molar-refractivity contribution is 5.94. The maximum absolute atomic E-state index is 11.7. The number of carbonyl (C=O) groups is 1. The van der Waals surface area contributed by atoms with Gasteiger partial charge in [-0.2, -0.15) is 0 Å². The lowest BCUT2D eigenvalue weighted by Gasteiger charge is -2.14. The summed E-state index contributed by atoms with van der Waals surface area (Å²) in [6.07, 6.45) is 2.61. The van der Waals surface area contributed by atoms with Crippen LogP contribution in [0.1, 0.15) is 28.8 Å². The molecule has 1 fully saturated rings. The molecule has 0 aliphatic carbocycles. The van der Waals surface area contributed by atoms with Gasteiger partial charge >= 0.3 is 0 Å². The molecule has 0 bridgehead atoms. The van der Waals surface area contributed by atoms with Gasteiger partial charge in [0.2, 0.25) is 0 Å². The molecule has 1 aliphatic heterocycles. The van der Waals surface area contributed by atoms with Gasteiger partial charge in [0.05, 0.1) is 0 Å². The summed E-state index contributed by atoms with van der Waals surface area (Å²) in [4.78, 5) is 14.1. The Kier molecular flexibility index (Phi) is 4.73. The second kappa shape index (κ2) is 6.52. The molecular formula is C14H21N3O. The maximum atomic E-state index is 11.7. The fourth-order valence-corrected chi connectivity index (χ4v) is 2.25. The first kappa shape index (κ1) is 13.1. The summed E-state index contributed by atoms with van der Waals surface area (Å²) in [7, 11) is 0. The molecule has 1 aliphatic rings. The van der Waals surface area contributed by atoms with Crippen molar-refractivity contribution in [2.24, 2.45) is 5.73 Å². The molecule has 0 saturated carbocycles. The van der Waals surface area contributed by atoms with Crippen molar-refractivity contribution in [1.29, 1.82) is 0 Å². The zero-order valence-corrected chi connectivity index (χ0v) is 10.7. The highest BCUT2D eigenvalue weighted by Gasteiger charge is 2.12. The van der Waals surface area contributed by atoms with Crippen molar-refractivity contribution in [1.82, 2.24) is 10.2 Å². The van der Waals surface area contributed by atoms with E-state index in [-0.39, 0.29) is 5.91 Å². The fraction of sp³-hybridized carbons (Fsp3) is 0.500. The van der Waals surface area contributed by atoms with Crippen LogP contribution in [0.4, 0.5) is 0 Å². The Balaban J connectivity index is 1.90. The molecular weight excluding hydrogens is 226 g/mol. The van der Waals surface area contributed by atoms with Gasteiger partial charge in [-0.05, 0) is 43.6 Å². The molecule has 0 radical (unpaired) electrons. The Morgan fingerprint density at radius 1 is 1.22 bits per heavy atom. The van der Waals surface area contributed by atoms with Gasteiger partial charge in [-0.1, -0.05) is 12.1 Å². The molecule has 1 aromatic carbocycles. The molecule has 4 heteroatoms. The minimum Gasteiger partial charge on any atom is -0.351 e. The molecule has 1 amide bonds. The van der Waals surface area contributed by atoms with Crippen LogP contribution in [0.3, 0.4) is 0 Å². The molecule has 0 unspecified atom stereocenters. The lowest BCUT2D eigenvalue weighted by atomic mass is 10.1. The number of nitrogens with two attached hydrogens (primary N) is 1. The summed E-state index contributed by atoms with van der Waals surface area (Å²) in [5, 5.41) is 2.77. The predicted molar refractivity (Wildman–Crippen MR) is 72.3 cm³/mol. The second-order valence-electron chi connectivity index (χ2n) is 4.72. The molecule has 18 heavy (non-hydrogen) atoms. The third kappa shape index (κ3) is 3.55. The van der Waals surface area contributed by atoms with E-state index in [0.29, 0.717) is 18.7 Å². The van der Waals surface area contributed by atoms with Crippen molar-refractivity contribution in [3.05, 3.63) is 35.4 Å². The average Bonchev–Trinajstić information content (AvgIpc) is 2.89. The van der Waals surface area contributed by atoms with Crippen LogP contribution in [0.15, 0.2) is 24.3 Å². The van der Waals surface area contributed by atoms with Gasteiger partial charge in [0.25, 0.3) is 5.91 Å². The molecule has 4 nitrogen and oxygen atoms in total. The number of benzene rings is 1. The van der Waals surface area contributed by atoms with E-state index < -0.39 is 0 Å². The van der Waals surface area contributed by atoms with Gasteiger partial charge in [0.15, 0.2) is 0 Å². The zero-order chi connectivity index (χ0) is 12.8. The van der Waals surface area contributed by atoms with E-state index in [1.54, 1.807) is 0 Å². The van der Waals surface area contributed by atoms with Crippen LogP contribution in [0.5, 0.6) is 0 Å². The minimum atomic E-state index is -0.0480. The van der Waals surface area contributed by atoms with E-state index in [1.165, 1.54) is 31.5 Å². The summed E-state index contributed by atoms with van der Waals surface area (Å²) < 4.78 is 0. The van der Waals surface area contributed by atoms with Crippen molar-refractivity contribution >= 4 is 5.91 Å². The number of nitrogens with one attached hydrogen (secondary N) is 1. The van der Waals surface area contributed by atoms with Crippen LogP contribution < -0.4 is 11.1 Å². The van der Waals surface area contributed by atoms with Crippen LogP contribution in [0.2, 0.25) is 0 Å². The van der Waals surface area contributed by atoms with Crippen molar-refractivity contribution in [2.45, 2.75) is 19.4 Å². The van der Waals surface area contributed by atoms with E-state index in [1.807, 2.05) is 24.3 Å². The summed E-state index contributed by atoms with van der Waals surface area (Å²) >= 11 is 0. The van der Waals surface area contributed by atoms with E-state index in [0.717, 1.165) is 6.54 Å². The predicted octanol–water partition coefficient (Wildman–Crippen LogP) is 0.971. The van der Waals surface area contributed by atoms with E-state index in [2.05, 4.69) is 10.2 Å². The van der Waals surface area contributed by atoms with Crippen molar-refractivity contribution in [3.8, 4) is 0 Å². The molecule has 1 heterocycles. The molecule has 1 aromatic rings. The Morgan fingerprint density at radius 3 is 2.50 bits per heavy atom. The molecule has 0 atom stereocenters. The SMILES string of the molecule is NCCNC(=O)c1ccc(CN2CCCC2)cc1. The van der Waals surface area contributed by atoms with E-state index >= 15 is 0 Å². The van der Waals surface area contributed by atoms with Crippen LogP contribution in [0.25, 0.3) is 0 Å². The molecule has 3 N–H and O–H groups in total. The average molecular weight is 247 g/mol. The third-order valence-corrected chi connectivity index (χ3v) is 3.25. The van der Waals surface area contributed by atoms with Crippen LogP contribution in [-0.4, -0.2) is 37.0 Å². The standard InChI is InChI=1S/C14H21N3O/c15-7-8-16-14(18)13-5-3-12(4-6-13)11-17-9-1-2-10-17/h3-6H,1-2,7-11,15H2,(H,16,18). The summed E-state index contributed by atoms with van der Waals surface area (Å²) in [5.41, 5.74) is 7.32. The molecule has 98 valence electrons. The second-order valence-corrected chi connectivity index (χ2v) is 4.72. The van der Waals surface area contributed by atoms with E-state index in [4.69, 9.17) is 5.73 Å². The topological polar surface area (TPSA) is 58.4 Å². The van der Waals surface area contributed by atoms with Crippen LogP contribution in [-0.2, 0) is 6.54 Å². The van der Waals surface area contributed by atoms with Crippen LogP contribution in [0, 0.1) is 0 Å². The highest BCUT2D eigenvalue weighted by Crippen LogP contribution is 2.13. The van der Waals surface area contributed by atoms with Gasteiger partial charge in [-0.3, -0.25) is 9.69 Å². The first-order valence-electron chi connectivity index (χ1n) is 6.59. The Morgan fingerprint density at radius 2 is 1.89 bits per heavy atom. The number of rotatable bonds is 5. The highest BCUT2D eigenvalue weighted by atomic mass is 16.1. The minimum absolute atomic E-state index is 0.0480. The number of amides is 1. The molecule has 1 saturated heterocycles. The maximum Gasteiger partial charge on any atom is 0.251 e. The Labute approximate surface area is 108 Å². The largest absolute Gasteiger partial charge is 0.351 e. The molecule has 2 rings (SSSR count). The summed E-state index contributed by atoms with van der Waals surface area (Å²) in [5.74, 6) is -0.0480. The number of hydrogen-bond donors (Lipinski definition) is 2. The van der Waals surface area contributed by atoms with Crippen molar-refractivity contribution in [3.63, 3.8) is 0 Å². The molecule has 0 spiro atoms. The Hall–Kier alpha value is -1.39.